The number of aryl methyl sites for hydroxylation is 1. The number of nitrogens with zero attached hydrogens (tertiary/aromatic N) is 3. The van der Waals surface area contributed by atoms with Crippen LogP contribution in [0.15, 0.2) is 40.4 Å². The molecule has 0 fully saturated rings. The van der Waals surface area contributed by atoms with Gasteiger partial charge in [-0.1, -0.05) is 30.0 Å². The lowest BCUT2D eigenvalue weighted by Crippen LogP contribution is -1.98. The first kappa shape index (κ1) is 12.0. The standard InChI is InChI=1S/C13H13N5S/c1-8-5-3-4-6-10(8)19-12-9-7-15-18-11(9)16-13(14-2)17-12/h3-7H,1-2H3,(H2,14,15,16,17,18). The van der Waals surface area contributed by atoms with Crippen LogP contribution in [-0.4, -0.2) is 27.2 Å². The molecule has 0 bridgehead atoms. The van der Waals surface area contributed by atoms with Crippen LogP contribution in [0.1, 0.15) is 5.56 Å². The van der Waals surface area contributed by atoms with Crippen LogP contribution in [0.4, 0.5) is 5.95 Å². The minimum atomic E-state index is 0.591. The van der Waals surface area contributed by atoms with Crippen LogP contribution in [0.25, 0.3) is 11.0 Å². The van der Waals surface area contributed by atoms with Crippen molar-refractivity contribution in [1.29, 1.82) is 0 Å². The largest absolute Gasteiger partial charge is 0.357 e. The van der Waals surface area contributed by atoms with E-state index in [0.29, 0.717) is 5.95 Å². The number of rotatable bonds is 3. The number of benzene rings is 1. The fourth-order valence-electron chi connectivity index (χ4n) is 1.77. The summed E-state index contributed by atoms with van der Waals surface area (Å²) in [6.07, 6.45) is 1.76. The van der Waals surface area contributed by atoms with E-state index >= 15 is 0 Å². The van der Waals surface area contributed by atoms with Gasteiger partial charge in [-0.2, -0.15) is 10.1 Å². The molecule has 3 rings (SSSR count). The highest BCUT2D eigenvalue weighted by Crippen LogP contribution is 2.33. The van der Waals surface area contributed by atoms with E-state index in [0.717, 1.165) is 16.1 Å². The highest BCUT2D eigenvalue weighted by molar-refractivity contribution is 7.99. The van der Waals surface area contributed by atoms with Crippen molar-refractivity contribution in [3.8, 4) is 0 Å². The highest BCUT2D eigenvalue weighted by Gasteiger charge is 2.11. The van der Waals surface area contributed by atoms with Gasteiger partial charge < -0.3 is 5.32 Å². The number of aromatic nitrogens is 4. The Balaban J connectivity index is 2.09. The normalized spacial score (nSPS) is 10.8. The second-order valence-electron chi connectivity index (χ2n) is 4.10. The Hall–Kier alpha value is -2.08. The summed E-state index contributed by atoms with van der Waals surface area (Å²) in [4.78, 5) is 10.0. The smallest absolute Gasteiger partial charge is 0.225 e. The molecule has 2 N–H and O–H groups in total. The molecule has 0 radical (unpaired) electrons. The third-order valence-electron chi connectivity index (χ3n) is 2.80. The Bertz CT molecular complexity index is 722. The Morgan fingerprint density at radius 2 is 2.05 bits per heavy atom. The summed E-state index contributed by atoms with van der Waals surface area (Å²) < 4.78 is 0. The van der Waals surface area contributed by atoms with E-state index in [-0.39, 0.29) is 0 Å². The number of H-pyrrole nitrogens is 1. The molecule has 0 aliphatic rings. The molecular weight excluding hydrogens is 258 g/mol. The third-order valence-corrected chi connectivity index (χ3v) is 3.98. The molecule has 0 atom stereocenters. The Labute approximate surface area is 114 Å². The van der Waals surface area contributed by atoms with E-state index in [2.05, 4.69) is 44.5 Å². The van der Waals surface area contributed by atoms with Gasteiger partial charge in [0.2, 0.25) is 5.95 Å². The summed E-state index contributed by atoms with van der Waals surface area (Å²) >= 11 is 1.63. The van der Waals surface area contributed by atoms with Crippen molar-refractivity contribution in [3.05, 3.63) is 36.0 Å². The van der Waals surface area contributed by atoms with Crippen molar-refractivity contribution in [2.24, 2.45) is 0 Å². The van der Waals surface area contributed by atoms with Gasteiger partial charge in [0.1, 0.15) is 5.03 Å². The molecule has 96 valence electrons. The van der Waals surface area contributed by atoms with Crippen molar-refractivity contribution >= 4 is 28.7 Å². The summed E-state index contributed by atoms with van der Waals surface area (Å²) in [6.45, 7) is 2.09. The third kappa shape index (κ3) is 2.26. The van der Waals surface area contributed by atoms with E-state index < -0.39 is 0 Å². The van der Waals surface area contributed by atoms with Crippen LogP contribution in [0.3, 0.4) is 0 Å². The van der Waals surface area contributed by atoms with E-state index in [1.807, 2.05) is 12.1 Å². The number of hydrogen-bond acceptors (Lipinski definition) is 5. The number of anilines is 1. The first-order valence-corrected chi connectivity index (χ1v) is 6.72. The first-order chi connectivity index (χ1) is 9.28. The number of fused-ring (bicyclic) bond motifs is 1. The van der Waals surface area contributed by atoms with Crippen molar-refractivity contribution in [2.45, 2.75) is 16.8 Å². The van der Waals surface area contributed by atoms with Crippen LogP contribution in [0.5, 0.6) is 0 Å². The number of nitrogens with one attached hydrogen (secondary N) is 2. The molecule has 1 aromatic carbocycles. The summed E-state index contributed by atoms with van der Waals surface area (Å²) in [7, 11) is 1.81. The quantitative estimate of drug-likeness (QED) is 0.717. The molecule has 0 saturated carbocycles. The highest BCUT2D eigenvalue weighted by atomic mass is 32.2. The van der Waals surface area contributed by atoms with Gasteiger partial charge in [-0.15, -0.1) is 0 Å². The van der Waals surface area contributed by atoms with Crippen LogP contribution < -0.4 is 5.32 Å². The molecule has 5 nitrogen and oxygen atoms in total. The van der Waals surface area contributed by atoms with Crippen LogP contribution in [0.2, 0.25) is 0 Å². The van der Waals surface area contributed by atoms with E-state index in [9.17, 15) is 0 Å². The molecule has 2 aromatic heterocycles. The molecule has 2 heterocycles. The minimum absolute atomic E-state index is 0.591. The van der Waals surface area contributed by atoms with Crippen molar-refractivity contribution < 1.29 is 0 Å². The molecule has 0 saturated heterocycles. The maximum Gasteiger partial charge on any atom is 0.225 e. The minimum Gasteiger partial charge on any atom is -0.357 e. The molecular formula is C13H13N5S. The van der Waals surface area contributed by atoms with Gasteiger partial charge in [0, 0.05) is 11.9 Å². The fourth-order valence-corrected chi connectivity index (χ4v) is 2.75. The van der Waals surface area contributed by atoms with Gasteiger partial charge in [-0.05, 0) is 18.6 Å². The Morgan fingerprint density at radius 3 is 2.84 bits per heavy atom. The zero-order valence-electron chi connectivity index (χ0n) is 10.6. The zero-order chi connectivity index (χ0) is 13.2. The second-order valence-corrected chi connectivity index (χ2v) is 5.13. The maximum atomic E-state index is 4.51. The topological polar surface area (TPSA) is 66.5 Å². The van der Waals surface area contributed by atoms with Crippen molar-refractivity contribution in [3.63, 3.8) is 0 Å². The van der Waals surface area contributed by atoms with E-state index in [4.69, 9.17) is 0 Å². The SMILES string of the molecule is CNc1nc(Sc2ccccc2C)c2cn[nH]c2n1. The fraction of sp³-hybridized carbons (Fsp3) is 0.154. The van der Waals surface area contributed by atoms with Crippen LogP contribution >= 0.6 is 11.8 Å². The molecule has 3 aromatic rings. The Morgan fingerprint density at radius 1 is 1.21 bits per heavy atom. The molecule has 0 aliphatic carbocycles. The second kappa shape index (κ2) is 4.89. The summed E-state index contributed by atoms with van der Waals surface area (Å²) in [6, 6.07) is 8.25. The summed E-state index contributed by atoms with van der Waals surface area (Å²) in [5, 5.41) is 11.7. The lowest BCUT2D eigenvalue weighted by Gasteiger charge is -2.06. The zero-order valence-corrected chi connectivity index (χ0v) is 11.5. The number of hydrogen-bond donors (Lipinski definition) is 2. The van der Waals surface area contributed by atoms with Crippen molar-refractivity contribution in [1.82, 2.24) is 20.2 Å². The maximum absolute atomic E-state index is 4.51. The van der Waals surface area contributed by atoms with Gasteiger partial charge in [0.25, 0.3) is 0 Å². The predicted molar refractivity (Wildman–Crippen MR) is 76.5 cm³/mol. The monoisotopic (exact) mass is 271 g/mol. The van der Waals surface area contributed by atoms with E-state index in [1.165, 1.54) is 10.5 Å². The average Bonchev–Trinajstić information content (AvgIpc) is 2.89. The number of aromatic amines is 1. The molecule has 6 heteroatoms. The lowest BCUT2D eigenvalue weighted by molar-refractivity contribution is 1.06. The molecule has 0 amide bonds. The summed E-state index contributed by atoms with van der Waals surface area (Å²) in [5.74, 6) is 0.591. The average molecular weight is 271 g/mol. The van der Waals surface area contributed by atoms with Crippen LogP contribution in [0, 0.1) is 6.92 Å². The van der Waals surface area contributed by atoms with Gasteiger partial charge in [0.15, 0.2) is 5.65 Å². The van der Waals surface area contributed by atoms with Crippen LogP contribution in [-0.2, 0) is 0 Å². The first-order valence-electron chi connectivity index (χ1n) is 5.90. The predicted octanol–water partition coefficient (Wildman–Crippen LogP) is 2.85. The molecule has 19 heavy (non-hydrogen) atoms. The van der Waals surface area contributed by atoms with E-state index in [1.54, 1.807) is 25.0 Å². The van der Waals surface area contributed by atoms with Gasteiger partial charge >= 0.3 is 0 Å². The molecule has 0 spiro atoms. The van der Waals surface area contributed by atoms with Gasteiger partial charge in [0.05, 0.1) is 11.6 Å². The lowest BCUT2D eigenvalue weighted by atomic mass is 10.2. The van der Waals surface area contributed by atoms with Crippen molar-refractivity contribution in [2.75, 3.05) is 12.4 Å². The molecule has 0 aliphatic heterocycles. The Kier molecular flexibility index (Phi) is 3.08. The summed E-state index contributed by atoms with van der Waals surface area (Å²) in [5.41, 5.74) is 1.98. The van der Waals surface area contributed by atoms with Gasteiger partial charge in [-0.3, -0.25) is 5.10 Å². The van der Waals surface area contributed by atoms with Gasteiger partial charge in [-0.25, -0.2) is 4.98 Å². The molecule has 0 unspecified atom stereocenters.